The highest BCUT2D eigenvalue weighted by Crippen LogP contribution is 2.44. The van der Waals surface area contributed by atoms with E-state index in [0.29, 0.717) is 0 Å². The lowest BCUT2D eigenvalue weighted by molar-refractivity contribution is 1.43. The highest BCUT2D eigenvalue weighted by molar-refractivity contribution is 6.25. The molecular formula is C50H30N2. The van der Waals surface area contributed by atoms with E-state index in [4.69, 9.17) is 9.97 Å². The van der Waals surface area contributed by atoms with Crippen LogP contribution in [0.5, 0.6) is 0 Å². The number of hydrogen-bond donors (Lipinski definition) is 0. The molecule has 0 N–H and O–H groups in total. The fraction of sp³-hybridized carbons (Fsp3) is 0. The van der Waals surface area contributed by atoms with Crippen molar-refractivity contribution in [3.05, 3.63) is 182 Å². The lowest BCUT2D eigenvalue weighted by Crippen LogP contribution is -1.93. The van der Waals surface area contributed by atoms with Crippen molar-refractivity contribution in [2.24, 2.45) is 0 Å². The zero-order chi connectivity index (χ0) is 34.2. The van der Waals surface area contributed by atoms with Gasteiger partial charge in [-0.2, -0.15) is 0 Å². The standard InChI is InChI=1S/C50H30N2/c1-2-14-35(15-3-1)48-44-30-43(38-18-8-9-19-39(38)47(44)40-20-10-11-21-45(40)51-48)33-22-24-34(25-23-33)46-41-28-26-31-12-4-6-16-36(31)49(41)52-50-37-17-7-5-13-32(37)27-29-42(46)50/h1-30H. The highest BCUT2D eigenvalue weighted by atomic mass is 14.7. The number of aromatic nitrogens is 2. The Morgan fingerprint density at radius 3 is 1.52 bits per heavy atom. The van der Waals surface area contributed by atoms with Crippen molar-refractivity contribution < 1.29 is 0 Å². The van der Waals surface area contributed by atoms with Crippen LogP contribution in [-0.2, 0) is 0 Å². The molecule has 0 fully saturated rings. The number of hydrogen-bond acceptors (Lipinski definition) is 2. The first-order chi connectivity index (χ1) is 25.8. The van der Waals surface area contributed by atoms with Crippen LogP contribution in [0.4, 0.5) is 0 Å². The topological polar surface area (TPSA) is 25.8 Å². The Kier molecular flexibility index (Phi) is 6.28. The van der Waals surface area contributed by atoms with Crippen molar-refractivity contribution in [2.45, 2.75) is 0 Å². The van der Waals surface area contributed by atoms with Gasteiger partial charge < -0.3 is 0 Å². The van der Waals surface area contributed by atoms with Crippen LogP contribution < -0.4 is 0 Å². The SMILES string of the molecule is c1ccc(-c2nc3ccccc3c3c2cc(-c2ccc(-c4c5ccc6ccccc6c5nc5c4ccc4ccccc45)cc2)c2ccccc23)cc1. The van der Waals surface area contributed by atoms with E-state index < -0.39 is 0 Å². The van der Waals surface area contributed by atoms with Gasteiger partial charge in [0, 0.05) is 48.8 Å². The van der Waals surface area contributed by atoms with E-state index >= 15 is 0 Å². The summed E-state index contributed by atoms with van der Waals surface area (Å²) in [6.45, 7) is 0. The molecule has 0 aliphatic rings. The molecule has 0 amide bonds. The van der Waals surface area contributed by atoms with Crippen molar-refractivity contribution >= 4 is 75.8 Å². The smallest absolute Gasteiger partial charge is 0.0794 e. The van der Waals surface area contributed by atoms with Crippen LogP contribution in [0.3, 0.4) is 0 Å². The quantitative estimate of drug-likeness (QED) is 0.139. The van der Waals surface area contributed by atoms with E-state index in [1.165, 1.54) is 65.3 Å². The molecule has 0 unspecified atom stereocenters. The van der Waals surface area contributed by atoms with Gasteiger partial charge in [-0.1, -0.05) is 170 Å². The molecule has 0 atom stereocenters. The number of nitrogens with zero attached hydrogens (tertiary/aromatic N) is 2. The number of rotatable bonds is 3. The summed E-state index contributed by atoms with van der Waals surface area (Å²) < 4.78 is 0. The van der Waals surface area contributed by atoms with Gasteiger partial charge in [0.2, 0.25) is 0 Å². The van der Waals surface area contributed by atoms with Crippen molar-refractivity contribution in [2.75, 3.05) is 0 Å². The molecule has 2 heterocycles. The molecule has 0 aliphatic heterocycles. The lowest BCUT2D eigenvalue weighted by atomic mass is 9.88. The summed E-state index contributed by atoms with van der Waals surface area (Å²) in [5.74, 6) is 0. The Labute approximate surface area is 300 Å². The minimum absolute atomic E-state index is 1.01. The average molecular weight is 659 g/mol. The van der Waals surface area contributed by atoms with E-state index in [9.17, 15) is 0 Å². The fourth-order valence-electron chi connectivity index (χ4n) is 8.41. The minimum atomic E-state index is 1.01. The maximum Gasteiger partial charge on any atom is 0.0794 e. The molecule has 240 valence electrons. The normalized spacial score (nSPS) is 11.8. The van der Waals surface area contributed by atoms with Gasteiger partial charge in [0.15, 0.2) is 0 Å². The zero-order valence-electron chi connectivity index (χ0n) is 28.2. The summed E-state index contributed by atoms with van der Waals surface area (Å²) >= 11 is 0. The van der Waals surface area contributed by atoms with Gasteiger partial charge in [-0.3, -0.25) is 0 Å². The van der Waals surface area contributed by atoms with Crippen molar-refractivity contribution in [3.63, 3.8) is 0 Å². The highest BCUT2D eigenvalue weighted by Gasteiger charge is 2.18. The number of benzene rings is 9. The molecule has 11 aromatic rings. The van der Waals surface area contributed by atoms with Crippen molar-refractivity contribution in [3.8, 4) is 33.5 Å². The number of pyridine rings is 2. The molecular weight excluding hydrogens is 629 g/mol. The molecule has 0 radical (unpaired) electrons. The third kappa shape index (κ3) is 4.31. The lowest BCUT2D eigenvalue weighted by Gasteiger charge is -2.17. The molecule has 0 saturated heterocycles. The molecule has 2 aromatic heterocycles. The van der Waals surface area contributed by atoms with Crippen LogP contribution in [0.2, 0.25) is 0 Å². The molecule has 0 bridgehead atoms. The van der Waals surface area contributed by atoms with Crippen LogP contribution in [0.25, 0.3) is 109 Å². The Bertz CT molecular complexity index is 3120. The van der Waals surface area contributed by atoms with Crippen LogP contribution in [0.15, 0.2) is 182 Å². The zero-order valence-corrected chi connectivity index (χ0v) is 28.2. The largest absolute Gasteiger partial charge is 0.247 e. The van der Waals surface area contributed by atoms with Gasteiger partial charge in [-0.25, -0.2) is 9.97 Å². The first-order valence-electron chi connectivity index (χ1n) is 17.8. The first kappa shape index (κ1) is 28.9. The summed E-state index contributed by atoms with van der Waals surface area (Å²) in [5.41, 5.74) is 9.97. The summed E-state index contributed by atoms with van der Waals surface area (Å²) in [4.78, 5) is 10.7. The predicted octanol–water partition coefficient (Wildman–Crippen LogP) is 13.5. The second-order valence-electron chi connectivity index (χ2n) is 13.7. The van der Waals surface area contributed by atoms with E-state index in [1.54, 1.807) is 0 Å². The molecule has 2 nitrogen and oxygen atoms in total. The molecule has 0 aliphatic carbocycles. The Hall–Kier alpha value is -6.90. The minimum Gasteiger partial charge on any atom is -0.247 e. The molecule has 52 heavy (non-hydrogen) atoms. The van der Waals surface area contributed by atoms with Gasteiger partial charge in [0.1, 0.15) is 0 Å². The Morgan fingerprint density at radius 2 is 0.846 bits per heavy atom. The summed E-state index contributed by atoms with van der Waals surface area (Å²) in [5, 5.41) is 13.1. The summed E-state index contributed by atoms with van der Waals surface area (Å²) in [7, 11) is 0. The summed E-state index contributed by atoms with van der Waals surface area (Å²) in [6, 6.07) is 65.6. The third-order valence-corrected chi connectivity index (χ3v) is 10.8. The third-order valence-electron chi connectivity index (χ3n) is 10.8. The van der Waals surface area contributed by atoms with Crippen molar-refractivity contribution in [1.29, 1.82) is 0 Å². The molecule has 9 aromatic carbocycles. The van der Waals surface area contributed by atoms with E-state index in [2.05, 4.69) is 182 Å². The van der Waals surface area contributed by atoms with Gasteiger partial charge in [0.05, 0.1) is 22.2 Å². The maximum absolute atomic E-state index is 5.40. The number of para-hydroxylation sites is 1. The van der Waals surface area contributed by atoms with Crippen LogP contribution >= 0.6 is 0 Å². The van der Waals surface area contributed by atoms with E-state index in [-0.39, 0.29) is 0 Å². The van der Waals surface area contributed by atoms with E-state index in [1.807, 2.05) is 0 Å². The van der Waals surface area contributed by atoms with Crippen molar-refractivity contribution in [1.82, 2.24) is 9.97 Å². The number of fused-ring (bicyclic) bond motifs is 11. The average Bonchev–Trinajstić information content (AvgIpc) is 3.22. The molecule has 2 heteroatoms. The second kappa shape index (κ2) is 11.3. The predicted molar refractivity (Wildman–Crippen MR) is 221 cm³/mol. The first-order valence-corrected chi connectivity index (χ1v) is 17.8. The molecule has 0 spiro atoms. The summed E-state index contributed by atoms with van der Waals surface area (Å²) in [6.07, 6.45) is 0. The van der Waals surface area contributed by atoms with Crippen LogP contribution in [0, 0.1) is 0 Å². The maximum atomic E-state index is 5.40. The van der Waals surface area contributed by atoms with Gasteiger partial charge in [-0.05, 0) is 50.4 Å². The molecule has 11 rings (SSSR count). The van der Waals surface area contributed by atoms with E-state index in [0.717, 1.165) is 44.0 Å². The molecule has 0 saturated carbocycles. The van der Waals surface area contributed by atoms with Crippen LogP contribution in [-0.4, -0.2) is 9.97 Å². The fourth-order valence-corrected chi connectivity index (χ4v) is 8.41. The van der Waals surface area contributed by atoms with Gasteiger partial charge in [-0.15, -0.1) is 0 Å². The monoisotopic (exact) mass is 658 g/mol. The Balaban J connectivity index is 1.18. The van der Waals surface area contributed by atoms with Gasteiger partial charge >= 0.3 is 0 Å². The Morgan fingerprint density at radius 1 is 0.308 bits per heavy atom. The van der Waals surface area contributed by atoms with Crippen LogP contribution in [0.1, 0.15) is 0 Å². The second-order valence-corrected chi connectivity index (χ2v) is 13.7. The van der Waals surface area contributed by atoms with Gasteiger partial charge in [0.25, 0.3) is 0 Å².